The molecule has 2 aromatic heterocycles. The summed E-state index contributed by atoms with van der Waals surface area (Å²) in [4.78, 5) is 16.4. The van der Waals surface area contributed by atoms with Crippen LogP contribution in [0.4, 0.5) is 5.82 Å². The molecule has 2 N–H and O–H groups in total. The summed E-state index contributed by atoms with van der Waals surface area (Å²) in [5.74, 6) is 1.43. The quantitative estimate of drug-likeness (QED) is 0.776. The van der Waals surface area contributed by atoms with E-state index in [-0.39, 0.29) is 17.9 Å². The van der Waals surface area contributed by atoms with Gasteiger partial charge in [0.05, 0.1) is 16.4 Å². The minimum absolute atomic E-state index is 0.0102. The molecule has 2 heterocycles. The zero-order valence-electron chi connectivity index (χ0n) is 11.7. The number of nitrogens with one attached hydrogen (secondary N) is 2. The highest BCUT2D eigenvalue weighted by Gasteiger charge is 2.36. The van der Waals surface area contributed by atoms with Crippen molar-refractivity contribution in [1.29, 1.82) is 0 Å². The summed E-state index contributed by atoms with van der Waals surface area (Å²) in [5, 5.41) is 9.33. The molecule has 0 spiro atoms. The van der Waals surface area contributed by atoms with E-state index in [1.807, 2.05) is 23.7 Å². The number of H-pyrrole nitrogens is 1. The van der Waals surface area contributed by atoms with Crippen LogP contribution in [0, 0.1) is 5.92 Å². The molecule has 1 fully saturated rings. The lowest BCUT2D eigenvalue weighted by molar-refractivity contribution is -0.125. The van der Waals surface area contributed by atoms with Crippen molar-refractivity contribution in [3.63, 3.8) is 0 Å². The highest BCUT2D eigenvalue weighted by atomic mass is 32.1. The summed E-state index contributed by atoms with van der Waals surface area (Å²) in [6.07, 6.45) is 3.13. The van der Waals surface area contributed by atoms with E-state index in [4.69, 9.17) is 4.74 Å². The predicted octanol–water partition coefficient (Wildman–Crippen LogP) is 2.82. The van der Waals surface area contributed by atoms with Crippen molar-refractivity contribution in [2.45, 2.75) is 18.9 Å². The standard InChI is InChI=1S/C15H14N4O2S/c20-15(18-13-4-5-17-19-13)9-6-10(7-9)21-11-2-1-3-12-14(11)16-8-22-12/h1-5,8-10H,6-7H2,(H2,17,18,19,20)/t9-,10-. The summed E-state index contributed by atoms with van der Waals surface area (Å²) < 4.78 is 7.10. The van der Waals surface area contributed by atoms with Crippen molar-refractivity contribution in [3.8, 4) is 5.75 Å². The fourth-order valence-corrected chi connectivity index (χ4v) is 3.27. The van der Waals surface area contributed by atoms with Crippen LogP contribution in [0.2, 0.25) is 0 Å². The van der Waals surface area contributed by atoms with Gasteiger partial charge in [0, 0.05) is 12.0 Å². The second-order valence-corrected chi connectivity index (χ2v) is 6.21. The van der Waals surface area contributed by atoms with Crippen LogP contribution in [0.3, 0.4) is 0 Å². The van der Waals surface area contributed by atoms with Crippen LogP contribution >= 0.6 is 11.3 Å². The number of amides is 1. The molecular weight excluding hydrogens is 300 g/mol. The summed E-state index contributed by atoms with van der Waals surface area (Å²) in [7, 11) is 0. The van der Waals surface area contributed by atoms with Crippen LogP contribution in [0.15, 0.2) is 36.0 Å². The molecule has 0 unspecified atom stereocenters. The molecule has 3 aromatic rings. The molecule has 4 rings (SSSR count). The van der Waals surface area contributed by atoms with Gasteiger partial charge in [0.2, 0.25) is 5.91 Å². The molecule has 1 aliphatic rings. The topological polar surface area (TPSA) is 79.9 Å². The Kier molecular flexibility index (Phi) is 3.27. The van der Waals surface area contributed by atoms with E-state index in [0.717, 1.165) is 28.8 Å². The zero-order chi connectivity index (χ0) is 14.9. The molecule has 1 aliphatic carbocycles. The van der Waals surface area contributed by atoms with E-state index < -0.39 is 0 Å². The van der Waals surface area contributed by atoms with Gasteiger partial charge in [-0.15, -0.1) is 11.3 Å². The average Bonchev–Trinajstić information content (AvgIpc) is 3.12. The average molecular weight is 314 g/mol. The van der Waals surface area contributed by atoms with Crippen LogP contribution < -0.4 is 10.1 Å². The van der Waals surface area contributed by atoms with Gasteiger partial charge in [0.15, 0.2) is 0 Å². The Bertz CT molecular complexity index is 793. The fraction of sp³-hybridized carbons (Fsp3) is 0.267. The number of hydrogen-bond acceptors (Lipinski definition) is 5. The maximum absolute atomic E-state index is 12.0. The molecule has 0 radical (unpaired) electrons. The van der Waals surface area contributed by atoms with Gasteiger partial charge in [-0.05, 0) is 25.0 Å². The summed E-state index contributed by atoms with van der Waals surface area (Å²) in [5.41, 5.74) is 2.72. The van der Waals surface area contributed by atoms with E-state index in [1.54, 1.807) is 23.6 Å². The zero-order valence-corrected chi connectivity index (χ0v) is 12.5. The highest BCUT2D eigenvalue weighted by molar-refractivity contribution is 7.16. The van der Waals surface area contributed by atoms with Gasteiger partial charge in [0.1, 0.15) is 23.2 Å². The van der Waals surface area contributed by atoms with Crippen LogP contribution in [0.1, 0.15) is 12.8 Å². The lowest BCUT2D eigenvalue weighted by Gasteiger charge is -2.34. The molecule has 1 saturated carbocycles. The van der Waals surface area contributed by atoms with Gasteiger partial charge in [-0.2, -0.15) is 5.10 Å². The first-order valence-electron chi connectivity index (χ1n) is 7.09. The summed E-state index contributed by atoms with van der Waals surface area (Å²) >= 11 is 1.60. The number of ether oxygens (including phenoxy) is 1. The Balaban J connectivity index is 1.35. The summed E-state index contributed by atoms with van der Waals surface area (Å²) in [6, 6.07) is 7.66. The van der Waals surface area contributed by atoms with Gasteiger partial charge in [0.25, 0.3) is 0 Å². The maximum atomic E-state index is 12.0. The van der Waals surface area contributed by atoms with Crippen LogP contribution in [-0.2, 0) is 4.79 Å². The van der Waals surface area contributed by atoms with E-state index in [2.05, 4.69) is 20.5 Å². The Morgan fingerprint density at radius 2 is 2.27 bits per heavy atom. The first kappa shape index (κ1) is 13.3. The lowest BCUT2D eigenvalue weighted by Crippen LogP contribution is -2.40. The maximum Gasteiger partial charge on any atom is 0.228 e. The summed E-state index contributed by atoms with van der Waals surface area (Å²) in [6.45, 7) is 0. The Hall–Kier alpha value is -2.41. The van der Waals surface area contributed by atoms with Crippen LogP contribution in [0.25, 0.3) is 10.2 Å². The van der Waals surface area contributed by atoms with Gasteiger partial charge in [-0.3, -0.25) is 9.89 Å². The van der Waals surface area contributed by atoms with Crippen molar-refractivity contribution < 1.29 is 9.53 Å². The molecular formula is C15H14N4O2S. The number of hydrogen-bond donors (Lipinski definition) is 2. The number of nitrogens with zero attached hydrogens (tertiary/aromatic N) is 2. The Morgan fingerprint density at radius 3 is 3.09 bits per heavy atom. The van der Waals surface area contributed by atoms with Crippen molar-refractivity contribution in [2.24, 2.45) is 5.92 Å². The molecule has 112 valence electrons. The third kappa shape index (κ3) is 2.43. The Morgan fingerprint density at radius 1 is 1.36 bits per heavy atom. The largest absolute Gasteiger partial charge is 0.488 e. The number of benzene rings is 1. The number of thiazole rings is 1. The number of carbonyl (C=O) groups is 1. The number of para-hydroxylation sites is 1. The minimum Gasteiger partial charge on any atom is -0.488 e. The normalized spacial score (nSPS) is 20.5. The fourth-order valence-electron chi connectivity index (χ4n) is 2.57. The van der Waals surface area contributed by atoms with Gasteiger partial charge in [-0.1, -0.05) is 6.07 Å². The third-order valence-electron chi connectivity index (χ3n) is 3.84. The third-order valence-corrected chi connectivity index (χ3v) is 4.64. The Labute approximate surface area is 130 Å². The van der Waals surface area contributed by atoms with Crippen molar-refractivity contribution >= 4 is 33.3 Å². The SMILES string of the molecule is O=C(Nc1ccn[nH]1)[C@H]1C[C@H](Oc2cccc3scnc23)C1. The molecule has 0 atom stereocenters. The first-order chi connectivity index (χ1) is 10.8. The molecule has 1 aromatic carbocycles. The van der Waals surface area contributed by atoms with Gasteiger partial charge < -0.3 is 10.1 Å². The second kappa shape index (κ2) is 5.42. The van der Waals surface area contributed by atoms with E-state index in [0.29, 0.717) is 5.82 Å². The number of aromatic amines is 1. The number of carbonyl (C=O) groups excluding carboxylic acids is 1. The number of fused-ring (bicyclic) bond motifs is 1. The van der Waals surface area contributed by atoms with E-state index in [1.165, 1.54) is 0 Å². The molecule has 0 bridgehead atoms. The van der Waals surface area contributed by atoms with Gasteiger partial charge in [-0.25, -0.2) is 4.98 Å². The van der Waals surface area contributed by atoms with E-state index in [9.17, 15) is 4.79 Å². The molecule has 7 heteroatoms. The number of rotatable bonds is 4. The first-order valence-corrected chi connectivity index (χ1v) is 7.96. The minimum atomic E-state index is -0.0112. The predicted molar refractivity (Wildman–Crippen MR) is 84.0 cm³/mol. The van der Waals surface area contributed by atoms with Crippen molar-refractivity contribution in [1.82, 2.24) is 15.2 Å². The number of anilines is 1. The van der Waals surface area contributed by atoms with Crippen LogP contribution in [0.5, 0.6) is 5.75 Å². The van der Waals surface area contributed by atoms with Crippen molar-refractivity contribution in [3.05, 3.63) is 36.0 Å². The van der Waals surface area contributed by atoms with Crippen LogP contribution in [-0.4, -0.2) is 27.2 Å². The molecule has 0 saturated heterocycles. The number of aromatic nitrogens is 3. The molecule has 6 nitrogen and oxygen atoms in total. The molecule has 1 amide bonds. The van der Waals surface area contributed by atoms with Crippen molar-refractivity contribution in [2.75, 3.05) is 5.32 Å². The van der Waals surface area contributed by atoms with E-state index >= 15 is 0 Å². The molecule has 22 heavy (non-hydrogen) atoms. The smallest absolute Gasteiger partial charge is 0.228 e. The highest BCUT2D eigenvalue weighted by Crippen LogP contribution is 2.35. The monoisotopic (exact) mass is 314 g/mol. The van der Waals surface area contributed by atoms with Gasteiger partial charge >= 0.3 is 0 Å². The lowest BCUT2D eigenvalue weighted by atomic mass is 9.81. The molecule has 0 aliphatic heterocycles. The second-order valence-electron chi connectivity index (χ2n) is 5.32.